The number of para-hydroxylation sites is 1. The number of thioether (sulfide) groups is 1. The minimum absolute atomic E-state index is 0.0121. The smallest absolute Gasteiger partial charge is 0.266 e. The summed E-state index contributed by atoms with van der Waals surface area (Å²) in [7, 11) is 0. The van der Waals surface area contributed by atoms with Crippen LogP contribution < -0.4 is 5.56 Å². The van der Waals surface area contributed by atoms with Crippen LogP contribution in [0.15, 0.2) is 81.2 Å². The molecule has 0 N–H and O–H groups in total. The molecular weight excluding hydrogens is 460 g/mol. The Labute approximate surface area is 187 Å². The molecule has 4 rings (SSSR count). The SMILES string of the molecule is Cc1cc(C)cc(-n2c(SCC(=O)c3ccc(Br)cc3)nc3ccccc3c2=O)c1. The van der Waals surface area contributed by atoms with Crippen LogP contribution in [0.4, 0.5) is 0 Å². The van der Waals surface area contributed by atoms with Crippen LogP contribution in [0.5, 0.6) is 0 Å². The number of carbonyl (C=O) groups excluding carboxylic acids is 1. The van der Waals surface area contributed by atoms with Gasteiger partial charge in [-0.25, -0.2) is 4.98 Å². The quantitative estimate of drug-likeness (QED) is 0.208. The molecule has 1 heterocycles. The summed E-state index contributed by atoms with van der Waals surface area (Å²) in [6.07, 6.45) is 0. The second-order valence-electron chi connectivity index (χ2n) is 7.12. The number of aryl methyl sites for hydroxylation is 2. The molecule has 1 aromatic heterocycles. The van der Waals surface area contributed by atoms with E-state index in [1.807, 2.05) is 56.3 Å². The molecule has 0 atom stereocenters. The zero-order valence-electron chi connectivity index (χ0n) is 16.6. The van der Waals surface area contributed by atoms with E-state index in [-0.39, 0.29) is 17.1 Å². The maximum Gasteiger partial charge on any atom is 0.266 e. The van der Waals surface area contributed by atoms with Crippen molar-refractivity contribution in [3.05, 3.63) is 98.2 Å². The first-order chi connectivity index (χ1) is 14.4. The third-order valence-electron chi connectivity index (χ3n) is 4.71. The lowest BCUT2D eigenvalue weighted by Gasteiger charge is -2.14. The predicted molar refractivity (Wildman–Crippen MR) is 126 cm³/mol. The second-order valence-corrected chi connectivity index (χ2v) is 8.97. The fourth-order valence-corrected chi connectivity index (χ4v) is 4.54. The van der Waals surface area contributed by atoms with Crippen molar-refractivity contribution in [3.8, 4) is 5.69 Å². The average Bonchev–Trinajstić information content (AvgIpc) is 2.72. The maximum atomic E-state index is 13.3. The Morgan fingerprint density at radius 2 is 1.67 bits per heavy atom. The Hall–Kier alpha value is -2.70. The van der Waals surface area contributed by atoms with Crippen molar-refractivity contribution in [3.63, 3.8) is 0 Å². The number of hydrogen-bond donors (Lipinski definition) is 0. The third-order valence-corrected chi connectivity index (χ3v) is 6.18. The number of carbonyl (C=O) groups is 1. The number of Topliss-reactive ketones (excluding diaryl/α,β-unsaturated/α-hetero) is 1. The molecule has 4 nitrogen and oxygen atoms in total. The van der Waals surface area contributed by atoms with Gasteiger partial charge >= 0.3 is 0 Å². The summed E-state index contributed by atoms with van der Waals surface area (Å²) >= 11 is 4.66. The Morgan fingerprint density at radius 3 is 2.37 bits per heavy atom. The largest absolute Gasteiger partial charge is 0.293 e. The van der Waals surface area contributed by atoms with E-state index in [1.165, 1.54) is 11.8 Å². The highest BCUT2D eigenvalue weighted by molar-refractivity contribution is 9.10. The molecule has 6 heteroatoms. The first kappa shape index (κ1) is 20.6. The van der Waals surface area contributed by atoms with Crippen molar-refractivity contribution in [2.45, 2.75) is 19.0 Å². The fourth-order valence-electron chi connectivity index (χ4n) is 3.37. The lowest BCUT2D eigenvalue weighted by Crippen LogP contribution is -2.22. The summed E-state index contributed by atoms with van der Waals surface area (Å²) in [6, 6.07) is 20.6. The van der Waals surface area contributed by atoms with E-state index in [9.17, 15) is 9.59 Å². The molecule has 0 radical (unpaired) electrons. The molecule has 0 unspecified atom stereocenters. The molecule has 0 amide bonds. The van der Waals surface area contributed by atoms with E-state index in [0.717, 1.165) is 21.3 Å². The fraction of sp³-hybridized carbons (Fsp3) is 0.125. The average molecular weight is 479 g/mol. The Kier molecular flexibility index (Phi) is 5.88. The lowest BCUT2D eigenvalue weighted by atomic mass is 10.1. The van der Waals surface area contributed by atoms with Crippen LogP contribution in [0.1, 0.15) is 21.5 Å². The zero-order valence-corrected chi connectivity index (χ0v) is 19.0. The zero-order chi connectivity index (χ0) is 21.3. The monoisotopic (exact) mass is 478 g/mol. The highest BCUT2D eigenvalue weighted by atomic mass is 79.9. The van der Waals surface area contributed by atoms with Crippen LogP contribution >= 0.6 is 27.7 Å². The van der Waals surface area contributed by atoms with Gasteiger partial charge < -0.3 is 0 Å². The van der Waals surface area contributed by atoms with Gasteiger partial charge in [0, 0.05) is 10.0 Å². The Morgan fingerprint density at radius 1 is 1.00 bits per heavy atom. The van der Waals surface area contributed by atoms with Gasteiger partial charge in [0.15, 0.2) is 10.9 Å². The van der Waals surface area contributed by atoms with Crippen LogP contribution in [0, 0.1) is 13.8 Å². The molecule has 0 aliphatic carbocycles. The molecular formula is C24H19BrN2O2S. The summed E-state index contributed by atoms with van der Waals surface area (Å²) in [5.74, 6) is 0.180. The van der Waals surface area contributed by atoms with Gasteiger partial charge in [-0.15, -0.1) is 0 Å². The molecule has 3 aromatic carbocycles. The minimum Gasteiger partial charge on any atom is -0.293 e. The summed E-state index contributed by atoms with van der Waals surface area (Å²) in [4.78, 5) is 30.7. The number of nitrogens with zero attached hydrogens (tertiary/aromatic N) is 2. The van der Waals surface area contributed by atoms with Gasteiger partial charge in [-0.1, -0.05) is 58.0 Å². The number of rotatable bonds is 5. The molecule has 0 saturated carbocycles. The van der Waals surface area contributed by atoms with E-state index in [4.69, 9.17) is 4.98 Å². The summed E-state index contributed by atoms with van der Waals surface area (Å²) < 4.78 is 2.54. The van der Waals surface area contributed by atoms with Gasteiger partial charge in [-0.3, -0.25) is 14.2 Å². The first-order valence-electron chi connectivity index (χ1n) is 9.44. The molecule has 0 spiro atoms. The molecule has 0 aliphatic rings. The highest BCUT2D eigenvalue weighted by Gasteiger charge is 2.16. The van der Waals surface area contributed by atoms with E-state index in [2.05, 4.69) is 22.0 Å². The van der Waals surface area contributed by atoms with Gasteiger partial charge in [0.25, 0.3) is 5.56 Å². The van der Waals surface area contributed by atoms with Gasteiger partial charge in [0.2, 0.25) is 0 Å². The molecule has 0 fully saturated rings. The number of aromatic nitrogens is 2. The topological polar surface area (TPSA) is 52.0 Å². The second kappa shape index (κ2) is 8.58. The predicted octanol–water partition coefficient (Wildman–Crippen LogP) is 5.74. The third kappa shape index (κ3) is 4.25. The normalized spacial score (nSPS) is 11.0. The number of hydrogen-bond acceptors (Lipinski definition) is 4. The van der Waals surface area contributed by atoms with Crippen molar-refractivity contribution in [2.75, 3.05) is 5.75 Å². The van der Waals surface area contributed by atoms with E-state index < -0.39 is 0 Å². The van der Waals surface area contributed by atoms with Gasteiger partial charge in [-0.05, 0) is 61.4 Å². The van der Waals surface area contributed by atoms with Crippen LogP contribution in [-0.4, -0.2) is 21.1 Å². The molecule has 30 heavy (non-hydrogen) atoms. The van der Waals surface area contributed by atoms with E-state index in [0.29, 0.717) is 21.6 Å². The van der Waals surface area contributed by atoms with Crippen molar-refractivity contribution >= 4 is 44.4 Å². The standard InChI is InChI=1S/C24H19BrN2O2S/c1-15-11-16(2)13-19(12-15)27-23(29)20-5-3-4-6-21(20)26-24(27)30-14-22(28)17-7-9-18(25)10-8-17/h3-13H,14H2,1-2H3. The van der Waals surface area contributed by atoms with Gasteiger partial charge in [-0.2, -0.15) is 0 Å². The number of halogens is 1. The minimum atomic E-state index is -0.135. The molecule has 150 valence electrons. The van der Waals surface area contributed by atoms with Crippen molar-refractivity contribution < 1.29 is 4.79 Å². The van der Waals surface area contributed by atoms with Crippen LogP contribution in [0.2, 0.25) is 0 Å². The van der Waals surface area contributed by atoms with Crippen molar-refractivity contribution in [1.82, 2.24) is 9.55 Å². The van der Waals surface area contributed by atoms with Crippen LogP contribution in [-0.2, 0) is 0 Å². The lowest BCUT2D eigenvalue weighted by molar-refractivity contribution is 0.102. The maximum absolute atomic E-state index is 13.3. The molecule has 0 saturated heterocycles. The summed E-state index contributed by atoms with van der Waals surface area (Å²) in [5.41, 5.74) is 4.01. The van der Waals surface area contributed by atoms with Crippen molar-refractivity contribution in [2.24, 2.45) is 0 Å². The first-order valence-corrected chi connectivity index (χ1v) is 11.2. The van der Waals surface area contributed by atoms with Crippen LogP contribution in [0.3, 0.4) is 0 Å². The molecule has 0 aliphatic heterocycles. The van der Waals surface area contributed by atoms with Gasteiger partial charge in [0.1, 0.15) is 0 Å². The Balaban J connectivity index is 1.78. The number of benzene rings is 3. The van der Waals surface area contributed by atoms with E-state index >= 15 is 0 Å². The molecule has 4 aromatic rings. The molecule has 0 bridgehead atoms. The van der Waals surface area contributed by atoms with Gasteiger partial charge in [0.05, 0.1) is 22.3 Å². The number of fused-ring (bicyclic) bond motifs is 1. The number of ketones is 1. The van der Waals surface area contributed by atoms with Crippen LogP contribution in [0.25, 0.3) is 16.6 Å². The summed E-state index contributed by atoms with van der Waals surface area (Å²) in [6.45, 7) is 4.00. The van der Waals surface area contributed by atoms with Crippen molar-refractivity contribution in [1.29, 1.82) is 0 Å². The highest BCUT2D eigenvalue weighted by Crippen LogP contribution is 2.24. The summed E-state index contributed by atoms with van der Waals surface area (Å²) in [5, 5.41) is 1.06. The van der Waals surface area contributed by atoms with E-state index in [1.54, 1.807) is 22.8 Å². The Bertz CT molecular complexity index is 1290.